The Morgan fingerprint density at radius 2 is 2.07 bits per heavy atom. The SMILES string of the molecule is COc1cccc2c1CCCC2CN(C)CCc1ccc2c(c1)CCCS2. The molecule has 2 nitrogen and oxygen atoms in total. The molecule has 0 amide bonds. The maximum atomic E-state index is 5.60. The van der Waals surface area contributed by atoms with Gasteiger partial charge in [-0.15, -0.1) is 11.8 Å². The minimum atomic E-state index is 0.633. The van der Waals surface area contributed by atoms with Gasteiger partial charge in [0.15, 0.2) is 0 Å². The standard InChI is InChI=1S/C24H31NOS/c1-25(14-13-18-11-12-24-19(16-18)7-5-15-27-24)17-20-6-3-9-22-21(20)8-4-10-23(22)26-2/h4,8,10-12,16,20H,3,5-7,9,13-15,17H2,1-2H3. The molecule has 1 aliphatic heterocycles. The maximum Gasteiger partial charge on any atom is 0.122 e. The minimum absolute atomic E-state index is 0.633. The second kappa shape index (κ2) is 8.70. The van der Waals surface area contributed by atoms with E-state index in [-0.39, 0.29) is 0 Å². The van der Waals surface area contributed by atoms with Gasteiger partial charge in [-0.05, 0) is 91.6 Å². The van der Waals surface area contributed by atoms with Gasteiger partial charge in [-0.3, -0.25) is 0 Å². The summed E-state index contributed by atoms with van der Waals surface area (Å²) in [5, 5.41) is 0. The third kappa shape index (κ3) is 4.35. The molecule has 2 aromatic carbocycles. The van der Waals surface area contributed by atoms with Crippen LogP contribution in [0.25, 0.3) is 0 Å². The molecule has 27 heavy (non-hydrogen) atoms. The Labute approximate surface area is 168 Å². The van der Waals surface area contributed by atoms with E-state index in [0.29, 0.717) is 5.92 Å². The zero-order valence-corrected chi connectivity index (χ0v) is 17.5. The molecule has 0 fully saturated rings. The highest BCUT2D eigenvalue weighted by molar-refractivity contribution is 7.99. The number of benzene rings is 2. The van der Waals surface area contributed by atoms with Gasteiger partial charge < -0.3 is 9.64 Å². The highest BCUT2D eigenvalue weighted by atomic mass is 32.2. The molecule has 1 aliphatic carbocycles. The molecule has 2 aliphatic rings. The molecular weight excluding hydrogens is 350 g/mol. The fourth-order valence-corrected chi connectivity index (χ4v) is 5.67. The highest BCUT2D eigenvalue weighted by Crippen LogP contribution is 2.37. The largest absolute Gasteiger partial charge is 0.496 e. The fraction of sp³-hybridized carbons (Fsp3) is 0.500. The summed E-state index contributed by atoms with van der Waals surface area (Å²) >= 11 is 2.02. The van der Waals surface area contributed by atoms with Gasteiger partial charge in [0.05, 0.1) is 7.11 Å². The number of aryl methyl sites for hydroxylation is 1. The average molecular weight is 382 g/mol. The third-order valence-corrected chi connectivity index (χ3v) is 7.30. The van der Waals surface area contributed by atoms with Crippen LogP contribution in [0.4, 0.5) is 0 Å². The number of rotatable bonds is 6. The predicted octanol–water partition coefficient (Wildman–Crippen LogP) is 5.33. The zero-order chi connectivity index (χ0) is 18.6. The number of nitrogens with zero attached hydrogens (tertiary/aromatic N) is 1. The van der Waals surface area contributed by atoms with Crippen LogP contribution in [0.15, 0.2) is 41.3 Å². The molecule has 1 unspecified atom stereocenters. The van der Waals surface area contributed by atoms with E-state index < -0.39 is 0 Å². The molecule has 0 bridgehead atoms. The van der Waals surface area contributed by atoms with Crippen LogP contribution in [0.2, 0.25) is 0 Å². The Morgan fingerprint density at radius 1 is 1.15 bits per heavy atom. The molecule has 1 heterocycles. The molecule has 1 atom stereocenters. The number of fused-ring (bicyclic) bond motifs is 2. The van der Waals surface area contributed by atoms with E-state index in [1.807, 2.05) is 11.8 Å². The first-order valence-corrected chi connectivity index (χ1v) is 11.3. The van der Waals surface area contributed by atoms with Crippen molar-refractivity contribution >= 4 is 11.8 Å². The van der Waals surface area contributed by atoms with Crippen LogP contribution >= 0.6 is 11.8 Å². The first kappa shape index (κ1) is 18.9. The summed E-state index contributed by atoms with van der Waals surface area (Å²) in [6.07, 6.45) is 7.45. The topological polar surface area (TPSA) is 12.5 Å². The normalized spacial score (nSPS) is 18.9. The summed E-state index contributed by atoms with van der Waals surface area (Å²) in [6, 6.07) is 13.7. The molecular formula is C24H31NOS. The average Bonchev–Trinajstić information content (AvgIpc) is 2.72. The van der Waals surface area contributed by atoms with Crippen LogP contribution in [-0.4, -0.2) is 37.9 Å². The van der Waals surface area contributed by atoms with Gasteiger partial charge in [0.25, 0.3) is 0 Å². The van der Waals surface area contributed by atoms with Gasteiger partial charge in [-0.25, -0.2) is 0 Å². The van der Waals surface area contributed by atoms with E-state index in [1.165, 1.54) is 53.0 Å². The molecule has 2 aromatic rings. The van der Waals surface area contributed by atoms with Crippen molar-refractivity contribution in [3.63, 3.8) is 0 Å². The Kier molecular flexibility index (Phi) is 6.09. The van der Waals surface area contributed by atoms with E-state index >= 15 is 0 Å². The summed E-state index contributed by atoms with van der Waals surface area (Å²) in [6.45, 7) is 2.27. The highest BCUT2D eigenvalue weighted by Gasteiger charge is 2.23. The van der Waals surface area contributed by atoms with Gasteiger partial charge in [-0.1, -0.05) is 24.3 Å². The van der Waals surface area contributed by atoms with Crippen molar-refractivity contribution in [2.45, 2.75) is 49.3 Å². The summed E-state index contributed by atoms with van der Waals surface area (Å²) in [5.41, 5.74) is 6.02. The third-order valence-electron chi connectivity index (χ3n) is 6.10. The molecule has 0 saturated carbocycles. The maximum absolute atomic E-state index is 5.60. The summed E-state index contributed by atoms with van der Waals surface area (Å²) in [5.74, 6) is 2.99. The zero-order valence-electron chi connectivity index (χ0n) is 16.7. The van der Waals surface area contributed by atoms with Crippen molar-refractivity contribution in [3.05, 3.63) is 58.7 Å². The Balaban J connectivity index is 1.37. The fourth-order valence-electron chi connectivity index (χ4n) is 4.65. The predicted molar refractivity (Wildman–Crippen MR) is 115 cm³/mol. The number of likely N-dealkylation sites (N-methyl/N-ethyl adjacent to an activating group) is 1. The van der Waals surface area contributed by atoms with Gasteiger partial charge >= 0.3 is 0 Å². The molecule has 0 saturated heterocycles. The number of hydrogen-bond acceptors (Lipinski definition) is 3. The van der Waals surface area contributed by atoms with Crippen molar-refractivity contribution < 1.29 is 4.74 Å². The van der Waals surface area contributed by atoms with E-state index in [0.717, 1.165) is 31.7 Å². The van der Waals surface area contributed by atoms with Crippen molar-refractivity contribution in [1.82, 2.24) is 4.90 Å². The van der Waals surface area contributed by atoms with Crippen LogP contribution in [-0.2, 0) is 19.3 Å². The minimum Gasteiger partial charge on any atom is -0.496 e. The lowest BCUT2D eigenvalue weighted by atomic mass is 9.82. The van der Waals surface area contributed by atoms with Gasteiger partial charge in [0.2, 0.25) is 0 Å². The van der Waals surface area contributed by atoms with E-state index in [1.54, 1.807) is 12.7 Å². The van der Waals surface area contributed by atoms with Gasteiger partial charge in [0, 0.05) is 18.0 Å². The lowest BCUT2D eigenvalue weighted by Gasteiger charge is -2.30. The van der Waals surface area contributed by atoms with Crippen molar-refractivity contribution in [2.24, 2.45) is 0 Å². The van der Waals surface area contributed by atoms with Crippen LogP contribution in [0.3, 0.4) is 0 Å². The summed E-state index contributed by atoms with van der Waals surface area (Å²) in [4.78, 5) is 4.03. The Morgan fingerprint density at radius 3 is 2.96 bits per heavy atom. The Hall–Kier alpha value is -1.45. The van der Waals surface area contributed by atoms with Crippen molar-refractivity contribution in [1.29, 1.82) is 0 Å². The first-order chi connectivity index (χ1) is 13.2. The lowest BCUT2D eigenvalue weighted by Crippen LogP contribution is -2.28. The molecule has 0 radical (unpaired) electrons. The Bertz CT molecular complexity index is 788. The van der Waals surface area contributed by atoms with Crippen LogP contribution < -0.4 is 4.74 Å². The van der Waals surface area contributed by atoms with Crippen molar-refractivity contribution in [3.8, 4) is 5.75 Å². The van der Waals surface area contributed by atoms with E-state index in [9.17, 15) is 0 Å². The number of ether oxygens (including phenoxy) is 1. The van der Waals surface area contributed by atoms with E-state index in [2.05, 4.69) is 48.3 Å². The monoisotopic (exact) mass is 381 g/mol. The van der Waals surface area contributed by atoms with Crippen molar-refractivity contribution in [2.75, 3.05) is 33.0 Å². The molecule has 0 N–H and O–H groups in total. The van der Waals surface area contributed by atoms with E-state index in [4.69, 9.17) is 4.74 Å². The smallest absolute Gasteiger partial charge is 0.122 e. The number of thioether (sulfide) groups is 1. The lowest BCUT2D eigenvalue weighted by molar-refractivity contribution is 0.299. The number of methoxy groups -OCH3 is 1. The molecule has 0 aromatic heterocycles. The van der Waals surface area contributed by atoms with Crippen LogP contribution in [0, 0.1) is 0 Å². The molecule has 3 heteroatoms. The van der Waals surface area contributed by atoms with Gasteiger partial charge in [-0.2, -0.15) is 0 Å². The summed E-state index contributed by atoms with van der Waals surface area (Å²) < 4.78 is 5.60. The first-order valence-electron chi connectivity index (χ1n) is 10.3. The van der Waals surface area contributed by atoms with Crippen LogP contribution in [0.1, 0.15) is 47.4 Å². The second-order valence-corrected chi connectivity index (χ2v) is 9.16. The molecule has 4 rings (SSSR count). The quantitative estimate of drug-likeness (QED) is 0.671. The molecule has 144 valence electrons. The van der Waals surface area contributed by atoms with Gasteiger partial charge in [0.1, 0.15) is 5.75 Å². The summed E-state index contributed by atoms with van der Waals surface area (Å²) in [7, 11) is 4.07. The second-order valence-electron chi connectivity index (χ2n) is 8.02. The van der Waals surface area contributed by atoms with Crippen LogP contribution in [0.5, 0.6) is 5.75 Å². The number of hydrogen-bond donors (Lipinski definition) is 0. The molecule has 0 spiro atoms.